The Bertz CT molecular complexity index is 1460. The molecule has 1 aliphatic heterocycles. The van der Waals surface area contributed by atoms with Crippen LogP contribution >= 0.6 is 0 Å². The van der Waals surface area contributed by atoms with Gasteiger partial charge in [0.2, 0.25) is 11.8 Å². The number of benzene rings is 1. The highest BCUT2D eigenvalue weighted by Crippen LogP contribution is 2.46. The fourth-order valence-electron chi connectivity index (χ4n) is 5.42. The molecule has 6 nitrogen and oxygen atoms in total. The number of aromatic nitrogens is 2. The largest absolute Gasteiger partial charge is 0.332 e. The van der Waals surface area contributed by atoms with Gasteiger partial charge in [-0.25, -0.2) is 9.37 Å². The van der Waals surface area contributed by atoms with Gasteiger partial charge in [-0.1, -0.05) is 51.1 Å². The minimum absolute atomic E-state index is 0.0100. The summed E-state index contributed by atoms with van der Waals surface area (Å²) in [7, 11) is 0. The number of hydrogen-bond acceptors (Lipinski definition) is 4. The van der Waals surface area contributed by atoms with Crippen LogP contribution in [0, 0.1) is 18.2 Å². The molecule has 7 heteroatoms. The van der Waals surface area contributed by atoms with Gasteiger partial charge in [0.1, 0.15) is 11.6 Å². The third-order valence-corrected chi connectivity index (χ3v) is 7.69. The van der Waals surface area contributed by atoms with Crippen LogP contribution in [0.25, 0.3) is 6.08 Å². The summed E-state index contributed by atoms with van der Waals surface area (Å²) in [6.07, 6.45) is 8.51. The van der Waals surface area contributed by atoms with E-state index in [1.165, 1.54) is 6.07 Å². The van der Waals surface area contributed by atoms with Gasteiger partial charge in [0.05, 0.1) is 11.5 Å². The van der Waals surface area contributed by atoms with Gasteiger partial charge in [0.15, 0.2) is 0 Å². The number of hydrogen-bond donors (Lipinski definition) is 1. The molecule has 2 aliphatic rings. The molecule has 2 aromatic heterocycles. The van der Waals surface area contributed by atoms with E-state index >= 15 is 0 Å². The molecule has 1 spiro atoms. The van der Waals surface area contributed by atoms with Gasteiger partial charge in [0, 0.05) is 42.0 Å². The Morgan fingerprint density at radius 1 is 1.21 bits per heavy atom. The molecule has 2 atom stereocenters. The van der Waals surface area contributed by atoms with Crippen molar-refractivity contribution < 1.29 is 14.0 Å². The quantitative estimate of drug-likeness (QED) is 0.486. The highest BCUT2D eigenvalue weighted by atomic mass is 19.1. The molecule has 5 rings (SSSR count). The fraction of sp³-hybridized carbons (Fsp3) is 0.355. The Labute approximate surface area is 223 Å². The van der Waals surface area contributed by atoms with Gasteiger partial charge in [0.25, 0.3) is 0 Å². The van der Waals surface area contributed by atoms with Crippen LogP contribution < -0.4 is 5.32 Å². The van der Waals surface area contributed by atoms with Crippen molar-refractivity contribution >= 4 is 23.7 Å². The molecule has 3 aromatic rings. The van der Waals surface area contributed by atoms with E-state index in [4.69, 9.17) is 0 Å². The first-order valence-electron chi connectivity index (χ1n) is 13.0. The second-order valence-electron chi connectivity index (χ2n) is 11.5. The lowest BCUT2D eigenvalue weighted by Gasteiger charge is -2.34. The standard InChI is InChI=1S/C31H33FN4O2/c1-19-10-11-22(15-25(19)32)20(2)36(29(38)30(3,4)5)13-7-8-21-14-23-16-31(17-26(23)34-18-21)24-9-6-12-33-27(24)35-28(31)37/h6-12,14-15,18,20H,13,16-17H2,1-5H3,(H,33,35,37)/b8-7+/t20-,31+/m1/s1. The van der Waals surface area contributed by atoms with Crippen LogP contribution in [0.5, 0.6) is 0 Å². The molecular formula is C31H33FN4O2. The van der Waals surface area contributed by atoms with Gasteiger partial charge >= 0.3 is 0 Å². The smallest absolute Gasteiger partial charge is 0.237 e. The number of fused-ring (bicyclic) bond motifs is 3. The highest BCUT2D eigenvalue weighted by Gasteiger charge is 2.51. The Hall–Kier alpha value is -3.87. The van der Waals surface area contributed by atoms with Crippen LogP contribution in [0.4, 0.5) is 10.2 Å². The van der Waals surface area contributed by atoms with E-state index in [0.29, 0.717) is 30.8 Å². The molecule has 2 amide bonds. The number of carbonyl (C=O) groups is 2. The molecule has 0 radical (unpaired) electrons. The molecule has 196 valence electrons. The second-order valence-corrected chi connectivity index (χ2v) is 11.5. The van der Waals surface area contributed by atoms with Crippen LogP contribution in [0.15, 0.2) is 54.9 Å². The lowest BCUT2D eigenvalue weighted by atomic mass is 9.80. The summed E-state index contributed by atoms with van der Waals surface area (Å²) in [5, 5.41) is 2.93. The van der Waals surface area contributed by atoms with Crippen LogP contribution in [0.1, 0.15) is 67.2 Å². The van der Waals surface area contributed by atoms with Crippen molar-refractivity contribution in [3.63, 3.8) is 0 Å². The number of nitrogens with one attached hydrogen (secondary N) is 1. The van der Waals surface area contributed by atoms with E-state index in [2.05, 4.69) is 21.4 Å². The van der Waals surface area contributed by atoms with E-state index in [1.54, 1.807) is 30.3 Å². The van der Waals surface area contributed by atoms with Crippen molar-refractivity contribution in [2.45, 2.75) is 58.9 Å². The summed E-state index contributed by atoms with van der Waals surface area (Å²) < 4.78 is 14.3. The van der Waals surface area contributed by atoms with Gasteiger partial charge in [-0.3, -0.25) is 14.6 Å². The number of halogens is 1. The van der Waals surface area contributed by atoms with Gasteiger partial charge in [-0.05, 0) is 60.7 Å². The minimum Gasteiger partial charge on any atom is -0.332 e. The van der Waals surface area contributed by atoms with Crippen LogP contribution in [0.3, 0.4) is 0 Å². The number of rotatable bonds is 5. The maximum Gasteiger partial charge on any atom is 0.237 e. The number of nitrogens with zero attached hydrogens (tertiary/aromatic N) is 3. The summed E-state index contributed by atoms with van der Waals surface area (Å²) >= 11 is 0. The summed E-state index contributed by atoms with van der Waals surface area (Å²) in [5.74, 6) is 0.323. The van der Waals surface area contributed by atoms with Gasteiger partial charge in [-0.2, -0.15) is 0 Å². The molecule has 0 fully saturated rings. The van der Waals surface area contributed by atoms with Crippen molar-refractivity contribution in [2.75, 3.05) is 11.9 Å². The monoisotopic (exact) mass is 512 g/mol. The van der Waals surface area contributed by atoms with Gasteiger partial charge in [-0.15, -0.1) is 0 Å². The molecule has 0 unspecified atom stereocenters. The highest BCUT2D eigenvalue weighted by molar-refractivity contribution is 6.06. The lowest BCUT2D eigenvalue weighted by molar-refractivity contribution is -0.141. The Morgan fingerprint density at radius 2 is 2.00 bits per heavy atom. The zero-order valence-electron chi connectivity index (χ0n) is 22.5. The van der Waals surface area contributed by atoms with Crippen LogP contribution in [-0.4, -0.2) is 33.2 Å². The third-order valence-electron chi connectivity index (χ3n) is 7.69. The van der Waals surface area contributed by atoms with E-state index in [9.17, 15) is 14.0 Å². The first-order chi connectivity index (χ1) is 18.0. The van der Waals surface area contributed by atoms with Crippen molar-refractivity contribution in [1.82, 2.24) is 14.9 Å². The maximum absolute atomic E-state index is 14.3. The van der Waals surface area contributed by atoms with E-state index in [0.717, 1.165) is 27.9 Å². The number of carbonyl (C=O) groups excluding carboxylic acids is 2. The molecule has 0 bridgehead atoms. The maximum atomic E-state index is 14.3. The average Bonchev–Trinajstić information content (AvgIpc) is 3.39. The van der Waals surface area contributed by atoms with Crippen molar-refractivity contribution in [1.29, 1.82) is 0 Å². The predicted octanol–water partition coefficient (Wildman–Crippen LogP) is 5.56. The number of amides is 2. The normalized spacial score (nSPS) is 18.9. The molecule has 0 saturated carbocycles. The second kappa shape index (κ2) is 9.46. The number of anilines is 1. The molecule has 1 N–H and O–H groups in total. The SMILES string of the molecule is Cc1ccc([C@@H](C)N(C/C=C/c2cnc3c(c2)C[C@@]2(C3)C(=O)Nc3ncccc32)C(=O)C(C)(C)C)cc1F. The van der Waals surface area contributed by atoms with E-state index in [-0.39, 0.29) is 23.7 Å². The molecule has 38 heavy (non-hydrogen) atoms. The molecular weight excluding hydrogens is 479 g/mol. The van der Waals surface area contributed by atoms with Crippen LogP contribution in [0.2, 0.25) is 0 Å². The minimum atomic E-state index is -0.657. The first-order valence-corrected chi connectivity index (χ1v) is 13.0. The molecule has 0 saturated heterocycles. The molecule has 1 aromatic carbocycles. The zero-order valence-corrected chi connectivity index (χ0v) is 22.5. The topological polar surface area (TPSA) is 75.2 Å². The predicted molar refractivity (Wildman–Crippen MR) is 146 cm³/mol. The van der Waals surface area contributed by atoms with E-state index in [1.807, 2.05) is 58.0 Å². The van der Waals surface area contributed by atoms with Crippen molar-refractivity contribution in [3.8, 4) is 0 Å². The lowest BCUT2D eigenvalue weighted by Crippen LogP contribution is -2.41. The van der Waals surface area contributed by atoms with Crippen molar-refractivity contribution in [3.05, 3.63) is 94.2 Å². The molecule has 1 aliphatic carbocycles. The number of pyridine rings is 2. The average molecular weight is 513 g/mol. The Balaban J connectivity index is 1.36. The third kappa shape index (κ3) is 4.51. The van der Waals surface area contributed by atoms with E-state index < -0.39 is 10.8 Å². The van der Waals surface area contributed by atoms with Crippen LogP contribution in [-0.2, 0) is 27.8 Å². The Kier molecular flexibility index (Phi) is 6.41. The summed E-state index contributed by atoms with van der Waals surface area (Å²) in [6, 6.07) is 10.7. The number of aryl methyl sites for hydroxylation is 1. The summed E-state index contributed by atoms with van der Waals surface area (Å²) in [4.78, 5) is 37.1. The summed E-state index contributed by atoms with van der Waals surface area (Å²) in [5.41, 5.74) is 3.90. The first kappa shape index (κ1) is 25.8. The van der Waals surface area contributed by atoms with Crippen molar-refractivity contribution in [2.24, 2.45) is 5.41 Å². The van der Waals surface area contributed by atoms with Gasteiger partial charge < -0.3 is 10.2 Å². The fourth-order valence-corrected chi connectivity index (χ4v) is 5.42. The molecule has 3 heterocycles. The Morgan fingerprint density at radius 3 is 2.74 bits per heavy atom. The summed E-state index contributed by atoms with van der Waals surface area (Å²) in [6.45, 7) is 9.70. The zero-order chi connectivity index (χ0) is 27.2.